The van der Waals surface area contributed by atoms with Crippen LogP contribution in [0.2, 0.25) is 0 Å². The van der Waals surface area contributed by atoms with E-state index in [4.69, 9.17) is 9.47 Å². The zero-order chi connectivity index (χ0) is 20.4. The highest BCUT2D eigenvalue weighted by Crippen LogP contribution is 2.30. The normalized spacial score (nSPS) is 15.4. The molecule has 8 heteroatoms. The maximum Gasteiger partial charge on any atom is 0.273 e. The molecule has 2 aromatic carbocycles. The molecule has 0 spiro atoms. The predicted octanol–water partition coefficient (Wildman–Crippen LogP) is 1.07. The van der Waals surface area contributed by atoms with Crippen LogP contribution >= 0.6 is 0 Å². The molecule has 1 aliphatic heterocycles. The Labute approximate surface area is 166 Å². The van der Waals surface area contributed by atoms with Gasteiger partial charge in [0, 0.05) is 6.54 Å². The Hall–Kier alpha value is -3.55. The van der Waals surface area contributed by atoms with Gasteiger partial charge in [-0.2, -0.15) is 0 Å². The van der Waals surface area contributed by atoms with Gasteiger partial charge in [-0.3, -0.25) is 19.5 Å². The van der Waals surface area contributed by atoms with Gasteiger partial charge in [0.15, 0.2) is 0 Å². The molecule has 3 aromatic rings. The molecule has 4 rings (SSSR count). The van der Waals surface area contributed by atoms with Crippen molar-refractivity contribution in [2.24, 2.45) is 5.92 Å². The van der Waals surface area contributed by atoms with Crippen molar-refractivity contribution in [1.82, 2.24) is 15.1 Å². The zero-order valence-electron chi connectivity index (χ0n) is 15.9. The van der Waals surface area contributed by atoms with Gasteiger partial charge in [-0.05, 0) is 42.3 Å². The third kappa shape index (κ3) is 3.73. The third-order valence-corrected chi connectivity index (χ3v) is 5.06. The number of ether oxygens (including phenoxy) is 2. The monoisotopic (exact) mass is 395 g/mol. The van der Waals surface area contributed by atoms with Gasteiger partial charge in [0.05, 0.1) is 30.3 Å². The number of carbonyl (C=O) groups excluding carboxylic acids is 1. The van der Waals surface area contributed by atoms with Crippen LogP contribution in [0, 0.1) is 5.92 Å². The van der Waals surface area contributed by atoms with E-state index in [1.54, 1.807) is 31.4 Å². The highest BCUT2D eigenvalue weighted by atomic mass is 16.5. The smallest absolute Gasteiger partial charge is 0.273 e. The van der Waals surface area contributed by atoms with Crippen molar-refractivity contribution in [1.29, 1.82) is 0 Å². The number of aromatic amines is 1. The number of fused-ring (bicyclic) bond motifs is 2. The number of rotatable bonds is 5. The number of aromatic nitrogens is 2. The number of amides is 1. The molecule has 29 heavy (non-hydrogen) atoms. The number of carbonyl (C=O) groups is 1. The molecule has 0 fully saturated rings. The lowest BCUT2D eigenvalue weighted by atomic mass is 9.96. The topological polar surface area (TPSA) is 102 Å². The Balaban J connectivity index is 1.41. The number of nitrogens with zero attached hydrogens (tertiary/aromatic N) is 1. The maximum absolute atomic E-state index is 12.5. The molecule has 2 N–H and O–H groups in total. The van der Waals surface area contributed by atoms with Crippen molar-refractivity contribution >= 4 is 16.7 Å². The number of hydrogen-bond donors (Lipinski definition) is 2. The highest BCUT2D eigenvalue weighted by Gasteiger charge is 2.26. The second-order valence-corrected chi connectivity index (χ2v) is 6.92. The van der Waals surface area contributed by atoms with Gasteiger partial charge >= 0.3 is 0 Å². The van der Waals surface area contributed by atoms with Crippen LogP contribution in [-0.4, -0.2) is 35.9 Å². The van der Waals surface area contributed by atoms with Crippen LogP contribution in [0.5, 0.6) is 11.5 Å². The molecule has 1 aliphatic rings. The number of methoxy groups -OCH3 is 1. The summed E-state index contributed by atoms with van der Waals surface area (Å²) in [7, 11) is 1.59. The second-order valence-electron chi connectivity index (χ2n) is 6.92. The Morgan fingerprint density at radius 1 is 1.24 bits per heavy atom. The molecule has 0 bridgehead atoms. The summed E-state index contributed by atoms with van der Waals surface area (Å²) in [5.74, 6) is 0.986. The van der Waals surface area contributed by atoms with Crippen molar-refractivity contribution in [3.8, 4) is 11.5 Å². The van der Waals surface area contributed by atoms with Crippen molar-refractivity contribution in [2.75, 3.05) is 20.3 Å². The summed E-state index contributed by atoms with van der Waals surface area (Å²) in [6, 6.07) is 12.2. The van der Waals surface area contributed by atoms with E-state index in [0.29, 0.717) is 22.9 Å². The van der Waals surface area contributed by atoms with Crippen LogP contribution in [0.1, 0.15) is 5.56 Å². The first kappa shape index (κ1) is 18.8. The first-order chi connectivity index (χ1) is 14.1. The maximum atomic E-state index is 12.5. The van der Waals surface area contributed by atoms with E-state index in [1.807, 2.05) is 18.2 Å². The fourth-order valence-electron chi connectivity index (χ4n) is 3.51. The molecule has 0 aliphatic carbocycles. The Morgan fingerprint density at radius 2 is 2.03 bits per heavy atom. The summed E-state index contributed by atoms with van der Waals surface area (Å²) in [6.45, 7) is 0.676. The minimum absolute atomic E-state index is 0.158. The number of benzene rings is 2. The lowest BCUT2D eigenvalue weighted by Gasteiger charge is -2.25. The van der Waals surface area contributed by atoms with Gasteiger partial charge in [-0.15, -0.1) is 0 Å². The molecular formula is C21H21N3O5. The SMILES string of the molecule is COc1ccc2c(c1)CC(C(=O)NCCn1[nH]c(=O)c3ccccc3c1=O)CO2. The van der Waals surface area contributed by atoms with Crippen LogP contribution < -0.4 is 25.9 Å². The van der Waals surface area contributed by atoms with E-state index in [9.17, 15) is 14.4 Å². The summed E-state index contributed by atoms with van der Waals surface area (Å²) in [5.41, 5.74) is 0.292. The van der Waals surface area contributed by atoms with Crippen molar-refractivity contribution in [2.45, 2.75) is 13.0 Å². The Morgan fingerprint density at radius 3 is 2.83 bits per heavy atom. The van der Waals surface area contributed by atoms with E-state index >= 15 is 0 Å². The molecule has 2 heterocycles. The summed E-state index contributed by atoms with van der Waals surface area (Å²) >= 11 is 0. The fourth-order valence-corrected chi connectivity index (χ4v) is 3.51. The van der Waals surface area contributed by atoms with E-state index in [-0.39, 0.29) is 42.6 Å². The van der Waals surface area contributed by atoms with E-state index in [1.165, 1.54) is 4.68 Å². The Kier molecular flexibility index (Phi) is 5.07. The van der Waals surface area contributed by atoms with E-state index in [0.717, 1.165) is 11.3 Å². The molecule has 150 valence electrons. The molecule has 0 saturated carbocycles. The summed E-state index contributed by atoms with van der Waals surface area (Å²) in [6.07, 6.45) is 0.547. The van der Waals surface area contributed by atoms with Crippen LogP contribution in [-0.2, 0) is 17.8 Å². The lowest BCUT2D eigenvalue weighted by Crippen LogP contribution is -2.40. The van der Waals surface area contributed by atoms with Crippen LogP contribution in [0.4, 0.5) is 0 Å². The number of nitrogens with one attached hydrogen (secondary N) is 2. The van der Waals surface area contributed by atoms with Crippen molar-refractivity contribution in [3.63, 3.8) is 0 Å². The van der Waals surface area contributed by atoms with Crippen molar-refractivity contribution < 1.29 is 14.3 Å². The number of H-pyrrole nitrogens is 1. The molecule has 1 amide bonds. The van der Waals surface area contributed by atoms with Crippen LogP contribution in [0.25, 0.3) is 10.8 Å². The van der Waals surface area contributed by atoms with Gasteiger partial charge in [0.1, 0.15) is 18.1 Å². The first-order valence-electron chi connectivity index (χ1n) is 9.36. The quantitative estimate of drug-likeness (QED) is 0.673. The van der Waals surface area contributed by atoms with E-state index in [2.05, 4.69) is 10.4 Å². The minimum atomic E-state index is -0.335. The summed E-state index contributed by atoms with van der Waals surface area (Å²) in [4.78, 5) is 37.2. The zero-order valence-corrected chi connectivity index (χ0v) is 15.9. The average Bonchev–Trinajstić information content (AvgIpc) is 2.76. The third-order valence-electron chi connectivity index (χ3n) is 5.06. The van der Waals surface area contributed by atoms with Crippen molar-refractivity contribution in [3.05, 3.63) is 68.7 Å². The van der Waals surface area contributed by atoms with Gasteiger partial charge in [-0.1, -0.05) is 12.1 Å². The summed E-state index contributed by atoms with van der Waals surface area (Å²) < 4.78 is 12.1. The number of hydrogen-bond acceptors (Lipinski definition) is 5. The fraction of sp³-hybridized carbons (Fsp3) is 0.286. The first-order valence-corrected chi connectivity index (χ1v) is 9.36. The van der Waals surface area contributed by atoms with Crippen LogP contribution in [0.3, 0.4) is 0 Å². The standard InChI is InChI=1S/C21H21N3O5/c1-28-15-6-7-18-13(11-15)10-14(12-29-18)19(25)22-8-9-24-21(27)17-5-3-2-4-16(17)20(26)23-24/h2-7,11,14H,8-10,12H2,1H3,(H,22,25)(H,23,26). The van der Waals surface area contributed by atoms with Gasteiger partial charge < -0.3 is 14.8 Å². The predicted molar refractivity (Wildman–Crippen MR) is 108 cm³/mol. The molecule has 8 nitrogen and oxygen atoms in total. The molecule has 1 atom stereocenters. The molecule has 0 radical (unpaired) electrons. The molecular weight excluding hydrogens is 374 g/mol. The molecule has 0 saturated heterocycles. The van der Waals surface area contributed by atoms with Crippen LogP contribution in [0.15, 0.2) is 52.1 Å². The molecule has 1 aromatic heterocycles. The summed E-state index contributed by atoms with van der Waals surface area (Å²) in [5, 5.41) is 6.09. The van der Waals surface area contributed by atoms with E-state index < -0.39 is 0 Å². The average molecular weight is 395 g/mol. The van der Waals surface area contributed by atoms with Gasteiger partial charge in [0.2, 0.25) is 5.91 Å². The minimum Gasteiger partial charge on any atom is -0.497 e. The lowest BCUT2D eigenvalue weighted by molar-refractivity contribution is -0.126. The highest BCUT2D eigenvalue weighted by molar-refractivity contribution is 5.80. The largest absolute Gasteiger partial charge is 0.497 e. The van der Waals surface area contributed by atoms with Gasteiger partial charge in [0.25, 0.3) is 11.1 Å². The molecule has 1 unspecified atom stereocenters. The van der Waals surface area contributed by atoms with Gasteiger partial charge in [-0.25, -0.2) is 4.68 Å². The second kappa shape index (κ2) is 7.83. The Bertz CT molecular complexity index is 1180.